The second kappa shape index (κ2) is 19.9. The Morgan fingerprint density at radius 2 is 1.67 bits per heavy atom. The van der Waals surface area contributed by atoms with Crippen molar-refractivity contribution < 1.29 is 50.5 Å². The Balaban J connectivity index is 0.00000618. The number of ether oxygens (including phenoxy) is 2. The minimum absolute atomic E-state index is 0.0653. The summed E-state index contributed by atoms with van der Waals surface area (Å²) in [6, 6.07) is 7.97. The number of hydrogen-bond acceptors (Lipinski definition) is 5. The van der Waals surface area contributed by atoms with Crippen LogP contribution in [0.3, 0.4) is 0 Å². The number of nitriles is 1. The first-order valence-electron chi connectivity index (χ1n) is 14.1. The number of carbonyl (C=O) groups excluding carboxylic acids is 1. The molecule has 0 aromatic heterocycles. The molecule has 250 valence electrons. The van der Waals surface area contributed by atoms with Gasteiger partial charge >= 0.3 is 18.5 Å². The first kappa shape index (κ1) is 40.8. The van der Waals surface area contributed by atoms with Gasteiger partial charge in [-0.2, -0.15) is 18.4 Å². The van der Waals surface area contributed by atoms with Crippen LogP contribution >= 0.6 is 0 Å². The predicted molar refractivity (Wildman–Crippen MR) is 158 cm³/mol. The van der Waals surface area contributed by atoms with Crippen LogP contribution in [0.15, 0.2) is 72.2 Å². The van der Waals surface area contributed by atoms with Crippen LogP contribution in [0.25, 0.3) is 0 Å². The van der Waals surface area contributed by atoms with Crippen LogP contribution in [-0.4, -0.2) is 42.2 Å². The molecule has 1 aromatic carbocycles. The van der Waals surface area contributed by atoms with Gasteiger partial charge in [-0.05, 0) is 55.2 Å². The number of hydrogen-bond donors (Lipinski definition) is 2. The van der Waals surface area contributed by atoms with E-state index in [9.17, 15) is 41.2 Å². The molecule has 0 aliphatic carbocycles. The molecule has 0 heterocycles. The zero-order valence-electron chi connectivity index (χ0n) is 25.9. The number of amides is 1. The average Bonchev–Trinajstić information content (AvgIpc) is 2.94. The van der Waals surface area contributed by atoms with Gasteiger partial charge in [-0.3, -0.25) is 9.59 Å². The summed E-state index contributed by atoms with van der Waals surface area (Å²) in [5.74, 6) is -3.70. The molecule has 0 bridgehead atoms. The van der Waals surface area contributed by atoms with E-state index in [1.807, 2.05) is 0 Å². The van der Waals surface area contributed by atoms with Crippen LogP contribution in [-0.2, 0) is 14.3 Å². The highest BCUT2D eigenvalue weighted by Crippen LogP contribution is 2.31. The molecular weight excluding hydrogens is 606 g/mol. The number of halogens is 6. The number of nitrogens with one attached hydrogen (secondary N) is 1. The van der Waals surface area contributed by atoms with E-state index in [-0.39, 0.29) is 18.5 Å². The number of nitrogens with zero attached hydrogens (tertiary/aromatic N) is 1. The SMILES string of the molecule is C=C(CC(C#N)/C=C/OC(/C(=C/C=C(\C)OC(F)(F)F)CC)C(C)c1ccc(C(=O)NCCC(=O)O)cc1)C(F)(F)F.CCC. The van der Waals surface area contributed by atoms with Gasteiger partial charge in [0.1, 0.15) is 11.9 Å². The maximum Gasteiger partial charge on any atom is 0.572 e. The van der Waals surface area contributed by atoms with Crippen LogP contribution in [0.1, 0.15) is 82.1 Å². The number of carbonyl (C=O) groups is 2. The molecule has 0 spiro atoms. The van der Waals surface area contributed by atoms with E-state index in [0.29, 0.717) is 17.6 Å². The molecule has 45 heavy (non-hydrogen) atoms. The van der Waals surface area contributed by atoms with E-state index < -0.39 is 60.1 Å². The topological polar surface area (TPSA) is 109 Å². The minimum atomic E-state index is -4.89. The predicted octanol–water partition coefficient (Wildman–Crippen LogP) is 8.73. The highest BCUT2D eigenvalue weighted by molar-refractivity contribution is 5.94. The summed E-state index contributed by atoms with van der Waals surface area (Å²) >= 11 is 0. The van der Waals surface area contributed by atoms with Gasteiger partial charge in [0.05, 0.1) is 24.7 Å². The van der Waals surface area contributed by atoms with Crippen molar-refractivity contribution in [2.24, 2.45) is 5.92 Å². The average molecular weight is 647 g/mol. The first-order chi connectivity index (χ1) is 20.9. The van der Waals surface area contributed by atoms with Crippen molar-refractivity contribution >= 4 is 11.9 Å². The number of benzene rings is 1. The summed E-state index contributed by atoms with van der Waals surface area (Å²) in [5.41, 5.74) is 0.310. The summed E-state index contributed by atoms with van der Waals surface area (Å²) in [6.07, 6.45) is -5.07. The van der Waals surface area contributed by atoms with Gasteiger partial charge in [0.2, 0.25) is 0 Å². The molecule has 3 atom stereocenters. The number of rotatable bonds is 15. The van der Waals surface area contributed by atoms with Crippen molar-refractivity contribution in [2.45, 2.75) is 84.9 Å². The molecule has 2 N–H and O–H groups in total. The second-order valence-corrected chi connectivity index (χ2v) is 9.86. The Morgan fingerprint density at radius 3 is 2.13 bits per heavy atom. The van der Waals surface area contributed by atoms with E-state index in [1.54, 1.807) is 32.0 Å². The van der Waals surface area contributed by atoms with Crippen LogP contribution in [0.5, 0.6) is 0 Å². The molecule has 1 amide bonds. The van der Waals surface area contributed by atoms with Gasteiger partial charge in [0, 0.05) is 23.6 Å². The van der Waals surface area contributed by atoms with Crippen LogP contribution in [0.2, 0.25) is 0 Å². The monoisotopic (exact) mass is 646 g/mol. The first-order valence-corrected chi connectivity index (χ1v) is 14.1. The quantitative estimate of drug-likeness (QED) is 0.0854. The molecule has 0 fully saturated rings. The standard InChI is InChI=1S/C29H32F6N2O5.C3H8/c1-5-22(7-6-19(3)42-29(33,34)35)26(41-15-13-21(17-36)16-18(2)28(30,31)32)20(4)23-8-10-24(11-9-23)27(40)37-14-12-25(38)39;1-3-2/h6-11,13,15,20-21,26H,2,5,12,14,16H2,1,3-4H3,(H,37,40)(H,38,39);3H2,1-2H3/b15-13+,19-6+,22-7+;. The van der Waals surface area contributed by atoms with Crippen molar-refractivity contribution in [3.63, 3.8) is 0 Å². The summed E-state index contributed by atoms with van der Waals surface area (Å²) in [6.45, 7) is 11.7. The van der Waals surface area contributed by atoms with Crippen molar-refractivity contribution in [2.75, 3.05) is 6.54 Å². The summed E-state index contributed by atoms with van der Waals surface area (Å²) < 4.78 is 86.1. The molecule has 0 radical (unpaired) electrons. The van der Waals surface area contributed by atoms with E-state index in [1.165, 1.54) is 24.6 Å². The third-order valence-electron chi connectivity index (χ3n) is 5.93. The molecule has 7 nitrogen and oxygen atoms in total. The molecule has 1 aromatic rings. The van der Waals surface area contributed by atoms with Crippen LogP contribution in [0.4, 0.5) is 26.3 Å². The zero-order valence-corrected chi connectivity index (χ0v) is 25.9. The van der Waals surface area contributed by atoms with E-state index >= 15 is 0 Å². The normalized spacial score (nSPS) is 14.4. The number of allylic oxidation sites excluding steroid dienone is 5. The lowest BCUT2D eigenvalue weighted by Crippen LogP contribution is -2.26. The lowest BCUT2D eigenvalue weighted by Gasteiger charge is -2.26. The fourth-order valence-electron chi connectivity index (χ4n) is 3.64. The van der Waals surface area contributed by atoms with Gasteiger partial charge in [-0.15, -0.1) is 13.2 Å². The van der Waals surface area contributed by atoms with E-state index in [4.69, 9.17) is 9.84 Å². The number of aliphatic carboxylic acids is 1. The Hall–Kier alpha value is -4.21. The Bertz CT molecular complexity index is 1230. The van der Waals surface area contributed by atoms with Gasteiger partial charge in [0.15, 0.2) is 0 Å². The fourth-order valence-corrected chi connectivity index (χ4v) is 3.64. The summed E-state index contributed by atoms with van der Waals surface area (Å²) in [5, 5.41) is 20.5. The fraction of sp³-hybridized carbons (Fsp3) is 0.469. The summed E-state index contributed by atoms with van der Waals surface area (Å²) in [7, 11) is 0. The third kappa shape index (κ3) is 17.0. The number of carboxylic acids is 1. The molecule has 0 saturated carbocycles. The molecule has 0 aliphatic rings. The van der Waals surface area contributed by atoms with Crippen molar-refractivity contribution in [3.05, 3.63) is 83.4 Å². The lowest BCUT2D eigenvalue weighted by molar-refractivity contribution is -0.305. The lowest BCUT2D eigenvalue weighted by atomic mass is 9.88. The van der Waals surface area contributed by atoms with Crippen LogP contribution in [0, 0.1) is 17.2 Å². The van der Waals surface area contributed by atoms with Gasteiger partial charge in [-0.1, -0.05) is 58.9 Å². The molecule has 13 heteroatoms. The van der Waals surface area contributed by atoms with Gasteiger partial charge in [-0.25, -0.2) is 0 Å². The minimum Gasteiger partial charge on any atom is -0.493 e. The second-order valence-electron chi connectivity index (χ2n) is 9.86. The van der Waals surface area contributed by atoms with E-state index in [0.717, 1.165) is 25.3 Å². The highest BCUT2D eigenvalue weighted by Gasteiger charge is 2.33. The largest absolute Gasteiger partial charge is 0.572 e. The third-order valence-corrected chi connectivity index (χ3v) is 5.93. The number of alkyl halides is 6. The van der Waals surface area contributed by atoms with Gasteiger partial charge < -0.3 is 19.9 Å². The van der Waals surface area contributed by atoms with Crippen molar-refractivity contribution in [3.8, 4) is 6.07 Å². The Labute approximate surface area is 259 Å². The zero-order chi connectivity index (χ0) is 34.8. The molecule has 0 saturated heterocycles. The summed E-state index contributed by atoms with van der Waals surface area (Å²) in [4.78, 5) is 22.9. The Kier molecular flexibility index (Phi) is 18.1. The van der Waals surface area contributed by atoms with E-state index in [2.05, 4.69) is 30.5 Å². The van der Waals surface area contributed by atoms with Crippen molar-refractivity contribution in [1.82, 2.24) is 5.32 Å². The van der Waals surface area contributed by atoms with Gasteiger partial charge in [0.25, 0.3) is 5.91 Å². The smallest absolute Gasteiger partial charge is 0.493 e. The molecular formula is C32H40F6N2O5. The Morgan fingerprint density at radius 1 is 1.09 bits per heavy atom. The maximum absolute atomic E-state index is 12.9. The maximum atomic E-state index is 12.9. The number of carboxylic acid groups (broad SMARTS) is 1. The molecule has 3 unspecified atom stereocenters. The van der Waals surface area contributed by atoms with Crippen LogP contribution < -0.4 is 5.32 Å². The molecule has 1 rings (SSSR count). The van der Waals surface area contributed by atoms with Crippen molar-refractivity contribution in [1.29, 1.82) is 5.26 Å². The molecule has 0 aliphatic heterocycles. The highest BCUT2D eigenvalue weighted by atomic mass is 19.4.